The van der Waals surface area contributed by atoms with E-state index in [4.69, 9.17) is 0 Å². The summed E-state index contributed by atoms with van der Waals surface area (Å²) in [5, 5.41) is 17.9. The fraction of sp³-hybridized carbons (Fsp3) is 0.389. The van der Waals surface area contributed by atoms with E-state index in [0.717, 1.165) is 24.0 Å². The Morgan fingerprint density at radius 1 is 1.41 bits per heavy atom. The Kier molecular flexibility index (Phi) is 4.32. The number of nitrogens with one attached hydrogen (secondary N) is 1. The van der Waals surface area contributed by atoms with Gasteiger partial charge in [0, 0.05) is 0 Å². The third kappa shape index (κ3) is 2.94. The van der Waals surface area contributed by atoms with Crippen LogP contribution >= 0.6 is 11.3 Å². The molecule has 0 radical (unpaired) electrons. The van der Waals surface area contributed by atoms with Crippen LogP contribution in [-0.2, 0) is 16.8 Å². The van der Waals surface area contributed by atoms with Crippen molar-refractivity contribution in [3.8, 4) is 0 Å². The first kappa shape index (κ1) is 15.3. The Morgan fingerprint density at radius 2 is 2.23 bits per heavy atom. The van der Waals surface area contributed by atoms with Gasteiger partial charge in [-0.3, -0.25) is 4.79 Å². The van der Waals surface area contributed by atoms with Gasteiger partial charge in [0.25, 0.3) is 0 Å². The molecule has 0 fully saturated rings. The molecule has 116 valence electrons. The Hall–Kier alpha value is -1.65. The topological polar surface area (TPSA) is 49.3 Å². The zero-order valence-corrected chi connectivity index (χ0v) is 13.5. The molecule has 2 atom stereocenters. The van der Waals surface area contributed by atoms with Gasteiger partial charge in [-0.2, -0.15) is 11.3 Å². The molecule has 0 saturated carbocycles. The highest BCUT2D eigenvalue weighted by molar-refractivity contribution is 7.08. The van der Waals surface area contributed by atoms with E-state index in [2.05, 4.69) is 11.4 Å². The van der Waals surface area contributed by atoms with E-state index < -0.39 is 5.60 Å². The summed E-state index contributed by atoms with van der Waals surface area (Å²) in [7, 11) is 0. The summed E-state index contributed by atoms with van der Waals surface area (Å²) in [6, 6.07) is 9.96. The number of hydrogen-bond donors (Lipinski definition) is 2. The van der Waals surface area contributed by atoms with Crippen LogP contribution in [0.25, 0.3) is 0 Å². The van der Waals surface area contributed by atoms with Gasteiger partial charge in [0.05, 0.1) is 12.5 Å². The molecule has 4 heteroatoms. The molecule has 3 nitrogen and oxygen atoms in total. The van der Waals surface area contributed by atoms with Crippen LogP contribution in [0.5, 0.6) is 0 Å². The average molecular weight is 315 g/mol. The highest BCUT2D eigenvalue weighted by Crippen LogP contribution is 2.34. The lowest BCUT2D eigenvalue weighted by Gasteiger charge is -2.35. The van der Waals surface area contributed by atoms with Crippen LogP contribution in [0.1, 0.15) is 42.4 Å². The minimum Gasteiger partial charge on any atom is -0.383 e. The van der Waals surface area contributed by atoms with Gasteiger partial charge < -0.3 is 10.4 Å². The predicted octanol–water partition coefficient (Wildman–Crippen LogP) is 3.19. The van der Waals surface area contributed by atoms with Gasteiger partial charge in [-0.1, -0.05) is 24.3 Å². The fourth-order valence-electron chi connectivity index (χ4n) is 3.14. The molecule has 0 bridgehead atoms. The van der Waals surface area contributed by atoms with Crippen LogP contribution in [0.15, 0.2) is 41.1 Å². The molecule has 1 amide bonds. The van der Waals surface area contributed by atoms with E-state index in [9.17, 15) is 9.90 Å². The Labute approximate surface area is 135 Å². The van der Waals surface area contributed by atoms with Gasteiger partial charge >= 0.3 is 0 Å². The molecular weight excluding hydrogens is 294 g/mol. The molecule has 22 heavy (non-hydrogen) atoms. The molecule has 0 saturated heterocycles. The van der Waals surface area contributed by atoms with E-state index in [0.29, 0.717) is 6.42 Å². The zero-order chi connectivity index (χ0) is 15.6. The first-order valence-electron chi connectivity index (χ1n) is 7.71. The van der Waals surface area contributed by atoms with E-state index in [1.807, 2.05) is 41.9 Å². The van der Waals surface area contributed by atoms with E-state index in [-0.39, 0.29) is 18.4 Å². The summed E-state index contributed by atoms with van der Waals surface area (Å²) in [5.41, 5.74) is 2.23. The first-order chi connectivity index (χ1) is 10.6. The SMILES string of the molecule is CC(C(=O)NCC1(O)CCCc2ccccc21)c1ccsc1. The van der Waals surface area contributed by atoms with Gasteiger partial charge in [0.15, 0.2) is 0 Å². The monoisotopic (exact) mass is 315 g/mol. The largest absolute Gasteiger partial charge is 0.383 e. The third-order valence-electron chi connectivity index (χ3n) is 4.55. The van der Waals surface area contributed by atoms with Gasteiger partial charge in [-0.05, 0) is 59.7 Å². The summed E-state index contributed by atoms with van der Waals surface area (Å²) < 4.78 is 0. The lowest BCUT2D eigenvalue weighted by molar-refractivity contribution is -0.123. The second-order valence-electron chi connectivity index (χ2n) is 6.04. The molecule has 0 spiro atoms. The van der Waals surface area contributed by atoms with Crippen molar-refractivity contribution < 1.29 is 9.90 Å². The smallest absolute Gasteiger partial charge is 0.227 e. The summed E-state index contributed by atoms with van der Waals surface area (Å²) >= 11 is 1.59. The number of carbonyl (C=O) groups excluding carboxylic acids is 1. The van der Waals surface area contributed by atoms with Gasteiger partial charge in [0.2, 0.25) is 5.91 Å². The average Bonchev–Trinajstić information content (AvgIpc) is 3.07. The van der Waals surface area contributed by atoms with Crippen molar-refractivity contribution in [3.05, 3.63) is 57.8 Å². The van der Waals surface area contributed by atoms with Crippen molar-refractivity contribution in [1.82, 2.24) is 5.32 Å². The number of fused-ring (bicyclic) bond motifs is 1. The van der Waals surface area contributed by atoms with Crippen molar-refractivity contribution in [3.63, 3.8) is 0 Å². The van der Waals surface area contributed by atoms with Gasteiger partial charge in [-0.25, -0.2) is 0 Å². The summed E-state index contributed by atoms with van der Waals surface area (Å²) in [6.45, 7) is 2.17. The first-order valence-corrected chi connectivity index (χ1v) is 8.65. The van der Waals surface area contributed by atoms with Crippen molar-refractivity contribution in [2.75, 3.05) is 6.54 Å². The number of aryl methyl sites for hydroxylation is 1. The molecule has 3 rings (SSSR count). The molecule has 2 aromatic rings. The molecule has 1 aliphatic rings. The number of hydrogen-bond acceptors (Lipinski definition) is 3. The normalized spacial score (nSPS) is 21.9. The second kappa shape index (κ2) is 6.23. The Bertz CT molecular complexity index is 653. The summed E-state index contributed by atoms with van der Waals surface area (Å²) in [6.07, 6.45) is 2.64. The number of aliphatic hydroxyl groups is 1. The van der Waals surface area contributed by atoms with Crippen molar-refractivity contribution in [1.29, 1.82) is 0 Å². The predicted molar refractivity (Wildman–Crippen MR) is 89.0 cm³/mol. The minimum atomic E-state index is -0.946. The highest BCUT2D eigenvalue weighted by atomic mass is 32.1. The third-order valence-corrected chi connectivity index (χ3v) is 5.25. The number of amides is 1. The summed E-state index contributed by atoms with van der Waals surface area (Å²) in [4.78, 5) is 12.3. The maximum absolute atomic E-state index is 12.3. The Balaban J connectivity index is 1.70. The van der Waals surface area contributed by atoms with Crippen LogP contribution in [-0.4, -0.2) is 17.6 Å². The molecule has 1 heterocycles. The molecular formula is C18H21NO2S. The maximum Gasteiger partial charge on any atom is 0.227 e. The van der Waals surface area contributed by atoms with Gasteiger partial charge in [0.1, 0.15) is 5.60 Å². The highest BCUT2D eigenvalue weighted by Gasteiger charge is 2.34. The molecule has 1 aromatic heterocycles. The van der Waals surface area contributed by atoms with Crippen molar-refractivity contribution in [2.24, 2.45) is 0 Å². The van der Waals surface area contributed by atoms with Gasteiger partial charge in [-0.15, -0.1) is 0 Å². The van der Waals surface area contributed by atoms with Crippen LogP contribution in [0.2, 0.25) is 0 Å². The van der Waals surface area contributed by atoms with Crippen LogP contribution < -0.4 is 5.32 Å². The quantitative estimate of drug-likeness (QED) is 0.910. The number of thiophene rings is 1. The minimum absolute atomic E-state index is 0.0325. The number of benzene rings is 1. The van der Waals surface area contributed by atoms with Crippen LogP contribution in [0, 0.1) is 0 Å². The molecule has 2 unspecified atom stereocenters. The standard InChI is InChI=1S/C18H21NO2S/c1-13(15-8-10-22-11-15)17(20)19-12-18(21)9-4-6-14-5-2-3-7-16(14)18/h2-3,5,7-8,10-11,13,21H,4,6,9,12H2,1H3,(H,19,20). The molecule has 1 aliphatic carbocycles. The fourth-order valence-corrected chi connectivity index (χ4v) is 3.90. The molecule has 1 aromatic carbocycles. The van der Waals surface area contributed by atoms with E-state index >= 15 is 0 Å². The summed E-state index contributed by atoms with van der Waals surface area (Å²) in [5.74, 6) is -0.219. The lowest BCUT2D eigenvalue weighted by Crippen LogP contribution is -2.44. The van der Waals surface area contributed by atoms with Crippen molar-refractivity contribution >= 4 is 17.2 Å². The number of rotatable bonds is 4. The van der Waals surface area contributed by atoms with Crippen LogP contribution in [0.3, 0.4) is 0 Å². The number of carbonyl (C=O) groups is 1. The van der Waals surface area contributed by atoms with Crippen LogP contribution in [0.4, 0.5) is 0 Å². The Morgan fingerprint density at radius 3 is 3.00 bits per heavy atom. The molecule has 2 N–H and O–H groups in total. The molecule has 0 aliphatic heterocycles. The second-order valence-corrected chi connectivity index (χ2v) is 6.82. The maximum atomic E-state index is 12.3. The lowest BCUT2D eigenvalue weighted by atomic mass is 9.79. The zero-order valence-electron chi connectivity index (χ0n) is 12.7. The van der Waals surface area contributed by atoms with E-state index in [1.54, 1.807) is 11.3 Å². The van der Waals surface area contributed by atoms with E-state index in [1.165, 1.54) is 5.56 Å². The van der Waals surface area contributed by atoms with Crippen molar-refractivity contribution in [2.45, 2.75) is 37.7 Å².